The van der Waals surface area contributed by atoms with Crippen LogP contribution in [0, 0.1) is 5.41 Å². The van der Waals surface area contributed by atoms with E-state index in [1.807, 2.05) is 24.6 Å². The molecule has 0 saturated heterocycles. The standard InChI is InChI=1S/C14H22N2O3/c1-9(2)16-8-6-7-10(16)12(17)15-11(13(18)19)14(3,4)5/h6-9,11H,1-5H3,(H,15,17)(H,18,19)/t11-/m0/s1. The average Bonchev–Trinajstić information content (AvgIpc) is 2.72. The summed E-state index contributed by atoms with van der Waals surface area (Å²) >= 11 is 0. The van der Waals surface area contributed by atoms with E-state index in [1.54, 1.807) is 32.9 Å². The number of aromatic nitrogens is 1. The Kier molecular flexibility index (Phi) is 4.39. The SMILES string of the molecule is CC(C)n1cccc1C(=O)N[C@@H](C(=O)O)C(C)(C)C. The molecule has 1 aromatic heterocycles. The van der Waals surface area contributed by atoms with Gasteiger partial charge in [-0.2, -0.15) is 0 Å². The third-order valence-corrected chi connectivity index (χ3v) is 2.96. The van der Waals surface area contributed by atoms with Crippen LogP contribution in [0.5, 0.6) is 0 Å². The third-order valence-electron chi connectivity index (χ3n) is 2.96. The monoisotopic (exact) mass is 266 g/mol. The van der Waals surface area contributed by atoms with Crippen LogP contribution in [0.2, 0.25) is 0 Å². The van der Waals surface area contributed by atoms with Gasteiger partial charge in [0.2, 0.25) is 0 Å². The Labute approximate surface area is 113 Å². The van der Waals surface area contributed by atoms with E-state index in [-0.39, 0.29) is 11.9 Å². The van der Waals surface area contributed by atoms with Crippen molar-refractivity contribution in [3.63, 3.8) is 0 Å². The molecule has 0 aliphatic heterocycles. The van der Waals surface area contributed by atoms with Crippen LogP contribution in [0.15, 0.2) is 18.3 Å². The number of hydrogen-bond donors (Lipinski definition) is 2. The lowest BCUT2D eigenvalue weighted by Gasteiger charge is -2.28. The van der Waals surface area contributed by atoms with Crippen LogP contribution in [0.25, 0.3) is 0 Å². The van der Waals surface area contributed by atoms with Gasteiger partial charge in [0.15, 0.2) is 0 Å². The number of aliphatic carboxylic acids is 1. The molecule has 0 aliphatic carbocycles. The topological polar surface area (TPSA) is 71.3 Å². The van der Waals surface area contributed by atoms with E-state index in [9.17, 15) is 14.7 Å². The molecular weight excluding hydrogens is 244 g/mol. The summed E-state index contributed by atoms with van der Waals surface area (Å²) in [6.45, 7) is 9.29. The van der Waals surface area contributed by atoms with Crippen molar-refractivity contribution >= 4 is 11.9 Å². The van der Waals surface area contributed by atoms with Crippen LogP contribution < -0.4 is 5.32 Å². The molecule has 0 saturated carbocycles. The Morgan fingerprint density at radius 1 is 1.32 bits per heavy atom. The average molecular weight is 266 g/mol. The highest BCUT2D eigenvalue weighted by Crippen LogP contribution is 2.20. The van der Waals surface area contributed by atoms with Crippen LogP contribution in [-0.4, -0.2) is 27.6 Å². The molecule has 0 spiro atoms. The van der Waals surface area contributed by atoms with Crippen molar-refractivity contribution in [1.82, 2.24) is 9.88 Å². The molecule has 0 unspecified atom stereocenters. The molecule has 0 bridgehead atoms. The van der Waals surface area contributed by atoms with Gasteiger partial charge in [-0.3, -0.25) is 4.79 Å². The van der Waals surface area contributed by atoms with E-state index in [2.05, 4.69) is 5.32 Å². The van der Waals surface area contributed by atoms with Gasteiger partial charge in [-0.1, -0.05) is 20.8 Å². The molecule has 5 nitrogen and oxygen atoms in total. The lowest BCUT2D eigenvalue weighted by molar-refractivity contribution is -0.142. The second-order valence-corrected chi connectivity index (χ2v) is 6.01. The zero-order valence-electron chi connectivity index (χ0n) is 12.1. The van der Waals surface area contributed by atoms with Crippen molar-refractivity contribution < 1.29 is 14.7 Å². The second kappa shape index (κ2) is 5.47. The maximum absolute atomic E-state index is 12.2. The Hall–Kier alpha value is -1.78. The number of carbonyl (C=O) groups excluding carboxylic acids is 1. The number of nitrogens with zero attached hydrogens (tertiary/aromatic N) is 1. The summed E-state index contributed by atoms with van der Waals surface area (Å²) in [5, 5.41) is 11.8. The maximum atomic E-state index is 12.2. The van der Waals surface area contributed by atoms with E-state index in [0.717, 1.165) is 0 Å². The predicted octanol–water partition coefficient (Wildman–Crippen LogP) is 2.30. The molecule has 1 rings (SSSR count). The molecule has 1 amide bonds. The molecule has 2 N–H and O–H groups in total. The quantitative estimate of drug-likeness (QED) is 0.878. The Bertz CT molecular complexity index is 469. The summed E-state index contributed by atoms with van der Waals surface area (Å²) in [5.41, 5.74) is -0.0676. The van der Waals surface area contributed by atoms with Crippen LogP contribution in [0.1, 0.15) is 51.1 Å². The van der Waals surface area contributed by atoms with Crippen molar-refractivity contribution in [1.29, 1.82) is 0 Å². The number of hydrogen-bond acceptors (Lipinski definition) is 2. The fourth-order valence-electron chi connectivity index (χ4n) is 1.89. The summed E-state index contributed by atoms with van der Waals surface area (Å²) in [7, 11) is 0. The van der Waals surface area contributed by atoms with Crippen molar-refractivity contribution in [2.75, 3.05) is 0 Å². The van der Waals surface area contributed by atoms with E-state index in [4.69, 9.17) is 0 Å². The molecule has 106 valence electrons. The molecule has 1 atom stereocenters. The van der Waals surface area contributed by atoms with Gasteiger partial charge >= 0.3 is 5.97 Å². The van der Waals surface area contributed by atoms with Gasteiger partial charge in [0.25, 0.3) is 5.91 Å². The minimum absolute atomic E-state index is 0.147. The van der Waals surface area contributed by atoms with Crippen molar-refractivity contribution in [3.05, 3.63) is 24.0 Å². The highest BCUT2D eigenvalue weighted by Gasteiger charge is 2.33. The molecule has 5 heteroatoms. The largest absolute Gasteiger partial charge is 0.480 e. The number of nitrogens with one attached hydrogen (secondary N) is 1. The van der Waals surface area contributed by atoms with Gasteiger partial charge in [-0.05, 0) is 31.4 Å². The minimum Gasteiger partial charge on any atom is -0.480 e. The fourth-order valence-corrected chi connectivity index (χ4v) is 1.89. The van der Waals surface area contributed by atoms with Crippen LogP contribution in [0.3, 0.4) is 0 Å². The minimum atomic E-state index is -1.02. The molecule has 0 aromatic carbocycles. The molecule has 19 heavy (non-hydrogen) atoms. The Balaban J connectivity index is 2.95. The van der Waals surface area contributed by atoms with Crippen LogP contribution in [-0.2, 0) is 4.79 Å². The third kappa shape index (κ3) is 3.59. The number of carbonyl (C=O) groups is 2. The van der Waals surface area contributed by atoms with Crippen molar-refractivity contribution in [2.24, 2.45) is 5.41 Å². The summed E-state index contributed by atoms with van der Waals surface area (Å²) in [6, 6.07) is 2.70. The van der Waals surface area contributed by atoms with Crippen LogP contribution >= 0.6 is 0 Å². The maximum Gasteiger partial charge on any atom is 0.326 e. The first-order valence-electron chi connectivity index (χ1n) is 6.35. The smallest absolute Gasteiger partial charge is 0.326 e. The molecule has 0 aliphatic rings. The number of carboxylic acid groups (broad SMARTS) is 1. The lowest BCUT2D eigenvalue weighted by atomic mass is 9.86. The number of carboxylic acids is 1. The summed E-state index contributed by atoms with van der Waals surface area (Å²) in [4.78, 5) is 23.4. The van der Waals surface area contributed by atoms with E-state index >= 15 is 0 Å². The van der Waals surface area contributed by atoms with Gasteiger partial charge in [-0.25, -0.2) is 4.79 Å². The van der Waals surface area contributed by atoms with E-state index < -0.39 is 17.4 Å². The number of rotatable bonds is 4. The normalized spacial score (nSPS) is 13.4. The zero-order valence-corrected chi connectivity index (χ0v) is 12.1. The summed E-state index contributed by atoms with van der Waals surface area (Å²) < 4.78 is 1.82. The molecule has 1 aromatic rings. The Morgan fingerprint density at radius 3 is 2.32 bits per heavy atom. The first kappa shape index (κ1) is 15.3. The summed E-state index contributed by atoms with van der Waals surface area (Å²) in [6.07, 6.45) is 1.81. The van der Waals surface area contributed by atoms with Gasteiger partial charge in [0.05, 0.1) is 0 Å². The predicted molar refractivity (Wildman–Crippen MR) is 73.2 cm³/mol. The first-order valence-corrected chi connectivity index (χ1v) is 6.35. The fraction of sp³-hybridized carbons (Fsp3) is 0.571. The zero-order chi connectivity index (χ0) is 14.8. The molecule has 0 radical (unpaired) electrons. The lowest BCUT2D eigenvalue weighted by Crippen LogP contribution is -2.49. The van der Waals surface area contributed by atoms with Gasteiger partial charge < -0.3 is 15.0 Å². The van der Waals surface area contributed by atoms with Crippen molar-refractivity contribution in [2.45, 2.75) is 46.7 Å². The number of amides is 1. The molecule has 1 heterocycles. The van der Waals surface area contributed by atoms with E-state index in [1.165, 1.54) is 0 Å². The highest BCUT2D eigenvalue weighted by atomic mass is 16.4. The first-order chi connectivity index (χ1) is 8.64. The van der Waals surface area contributed by atoms with Gasteiger partial charge in [0, 0.05) is 12.2 Å². The van der Waals surface area contributed by atoms with Gasteiger partial charge in [0.1, 0.15) is 11.7 Å². The van der Waals surface area contributed by atoms with Crippen LogP contribution in [0.4, 0.5) is 0 Å². The highest BCUT2D eigenvalue weighted by molar-refractivity contribution is 5.95. The molecule has 0 fully saturated rings. The molecular formula is C14H22N2O3. The van der Waals surface area contributed by atoms with Gasteiger partial charge in [-0.15, -0.1) is 0 Å². The summed E-state index contributed by atoms with van der Waals surface area (Å²) in [5.74, 6) is -1.38. The van der Waals surface area contributed by atoms with Crippen molar-refractivity contribution in [3.8, 4) is 0 Å². The Morgan fingerprint density at radius 2 is 1.89 bits per heavy atom. The van der Waals surface area contributed by atoms with E-state index in [0.29, 0.717) is 5.69 Å². The second-order valence-electron chi connectivity index (χ2n) is 6.01.